The summed E-state index contributed by atoms with van der Waals surface area (Å²) in [7, 11) is 0. The van der Waals surface area contributed by atoms with Crippen molar-refractivity contribution >= 4 is 12.9 Å². The van der Waals surface area contributed by atoms with Gasteiger partial charge in [0.2, 0.25) is 0 Å². The second-order valence-electron chi connectivity index (χ2n) is 5.31. The fourth-order valence-corrected chi connectivity index (χ4v) is 2.80. The first-order valence-corrected chi connectivity index (χ1v) is 6.54. The smallest absolute Gasteiger partial charge is 0.143 e. The lowest BCUT2D eigenvalue weighted by Crippen LogP contribution is -2.40. The molecule has 1 aliphatic heterocycles. The maximum Gasteiger partial charge on any atom is 0.143 e. The molecule has 0 amide bonds. The summed E-state index contributed by atoms with van der Waals surface area (Å²) in [4.78, 5) is 0. The van der Waals surface area contributed by atoms with Crippen LogP contribution in [0.5, 0.6) is 11.5 Å². The van der Waals surface area contributed by atoms with Gasteiger partial charge in [-0.05, 0) is 57.2 Å². The number of aliphatic hydroxyl groups is 1. The third-order valence-corrected chi connectivity index (χ3v) is 4.17. The van der Waals surface area contributed by atoms with Gasteiger partial charge in [-0.1, -0.05) is 0 Å². The van der Waals surface area contributed by atoms with E-state index >= 15 is 0 Å². The average molecular weight is 268 g/mol. The fourth-order valence-electron chi connectivity index (χ4n) is 2.53. The Kier molecular flexibility index (Phi) is 3.52. The number of benzene rings is 1. The number of fused-ring (bicyclic) bond motifs is 1. The Morgan fingerprint density at radius 2 is 1.94 bits per heavy atom. The molecule has 2 rings (SSSR count). The zero-order chi connectivity index (χ0) is 13.5. The number of hydrogen-bond donors (Lipinski definition) is 2. The van der Waals surface area contributed by atoms with E-state index < -0.39 is 5.60 Å². The highest BCUT2D eigenvalue weighted by Crippen LogP contribution is 2.43. The molecule has 4 heteroatoms. The molecule has 0 aromatic heterocycles. The Morgan fingerprint density at radius 3 is 2.50 bits per heavy atom. The molecule has 0 bridgehead atoms. The molecule has 0 saturated carbocycles. The topological polar surface area (TPSA) is 38.7 Å². The lowest BCUT2D eigenvalue weighted by molar-refractivity contribution is 0.00724. The molecule has 0 radical (unpaired) electrons. The van der Waals surface area contributed by atoms with Gasteiger partial charge in [0.05, 0.1) is 6.61 Å². The quantitative estimate of drug-likeness (QED) is 0.640. The van der Waals surface area contributed by atoms with E-state index in [1.54, 1.807) is 0 Å². The average Bonchev–Trinajstić information content (AvgIpc) is 2.37. The first-order valence-electron chi connectivity index (χ1n) is 6.17. The zero-order valence-electron chi connectivity index (χ0n) is 11.3. The Hall–Kier alpha value is -0.870. The predicted molar refractivity (Wildman–Crippen MR) is 74.7 cm³/mol. The van der Waals surface area contributed by atoms with Crippen molar-refractivity contribution in [2.45, 2.75) is 46.1 Å². The standard InChI is InChI=1S/C14H20O3S/c1-8-9(2)13-11(10(3)12(8)17-18)5-6-14(4,7-15)16-13/h15,18H,5-7H2,1-4H3. The molecule has 3 nitrogen and oxygen atoms in total. The molecule has 0 fully saturated rings. The fraction of sp³-hybridized carbons (Fsp3) is 0.571. The van der Waals surface area contributed by atoms with Crippen LogP contribution in [0.15, 0.2) is 0 Å². The van der Waals surface area contributed by atoms with Crippen LogP contribution < -0.4 is 8.92 Å². The minimum atomic E-state index is -0.472. The van der Waals surface area contributed by atoms with Crippen LogP contribution in [0.1, 0.15) is 35.6 Å². The molecule has 0 aliphatic carbocycles. The zero-order valence-corrected chi connectivity index (χ0v) is 12.2. The van der Waals surface area contributed by atoms with E-state index in [0.29, 0.717) is 0 Å². The molecule has 0 saturated heterocycles. The molecule has 1 aromatic rings. The van der Waals surface area contributed by atoms with E-state index in [1.807, 2.05) is 27.7 Å². The van der Waals surface area contributed by atoms with E-state index in [2.05, 4.69) is 12.9 Å². The van der Waals surface area contributed by atoms with Crippen molar-refractivity contribution in [3.8, 4) is 11.5 Å². The molecule has 1 unspecified atom stereocenters. The first kappa shape index (κ1) is 13.6. The molecule has 0 spiro atoms. The van der Waals surface area contributed by atoms with Crippen molar-refractivity contribution in [2.24, 2.45) is 0 Å². The lowest BCUT2D eigenvalue weighted by atomic mass is 9.87. The van der Waals surface area contributed by atoms with E-state index in [1.165, 1.54) is 5.56 Å². The molecule has 1 atom stereocenters. The van der Waals surface area contributed by atoms with Crippen molar-refractivity contribution in [1.82, 2.24) is 0 Å². The SMILES string of the molecule is Cc1c(C)c2c(c(C)c1OS)CCC(C)(CO)O2. The molecular weight excluding hydrogens is 248 g/mol. The highest BCUT2D eigenvalue weighted by Gasteiger charge is 2.34. The Morgan fingerprint density at radius 1 is 1.28 bits per heavy atom. The molecular formula is C14H20O3S. The monoisotopic (exact) mass is 268 g/mol. The minimum absolute atomic E-state index is 0.0365. The van der Waals surface area contributed by atoms with Crippen LogP contribution >= 0.6 is 12.9 Å². The summed E-state index contributed by atoms with van der Waals surface area (Å²) in [5, 5.41) is 9.44. The van der Waals surface area contributed by atoms with Crippen LogP contribution in [0.2, 0.25) is 0 Å². The first-order chi connectivity index (χ1) is 8.43. The summed E-state index contributed by atoms with van der Waals surface area (Å²) >= 11 is 3.94. The summed E-state index contributed by atoms with van der Waals surface area (Å²) < 4.78 is 11.2. The van der Waals surface area contributed by atoms with Gasteiger partial charge in [0, 0.05) is 18.5 Å². The largest absolute Gasteiger partial charge is 0.485 e. The van der Waals surface area contributed by atoms with E-state index in [9.17, 15) is 5.11 Å². The number of rotatable bonds is 2. The second-order valence-corrected chi connectivity index (χ2v) is 5.50. The van der Waals surface area contributed by atoms with E-state index in [-0.39, 0.29) is 6.61 Å². The predicted octanol–water partition coefficient (Wildman–Crippen LogP) is 2.91. The van der Waals surface area contributed by atoms with Gasteiger partial charge in [0.15, 0.2) is 0 Å². The third kappa shape index (κ3) is 1.97. The van der Waals surface area contributed by atoms with Crippen molar-refractivity contribution in [3.05, 3.63) is 22.3 Å². The van der Waals surface area contributed by atoms with Crippen molar-refractivity contribution in [3.63, 3.8) is 0 Å². The van der Waals surface area contributed by atoms with Gasteiger partial charge < -0.3 is 14.0 Å². The van der Waals surface area contributed by atoms with Gasteiger partial charge in [0.1, 0.15) is 17.1 Å². The summed E-state index contributed by atoms with van der Waals surface area (Å²) in [5.74, 6) is 1.73. The molecule has 1 aromatic carbocycles. The van der Waals surface area contributed by atoms with E-state index in [0.717, 1.165) is 41.0 Å². The van der Waals surface area contributed by atoms with Gasteiger partial charge in [0.25, 0.3) is 0 Å². The molecule has 100 valence electrons. The number of hydrogen-bond acceptors (Lipinski definition) is 4. The number of ether oxygens (including phenoxy) is 1. The Labute approximate surface area is 114 Å². The summed E-state index contributed by atoms with van der Waals surface area (Å²) in [6.45, 7) is 8.04. The molecule has 1 heterocycles. The van der Waals surface area contributed by atoms with Crippen LogP contribution in [0.25, 0.3) is 0 Å². The summed E-state index contributed by atoms with van der Waals surface area (Å²) in [6.07, 6.45) is 1.70. The molecule has 18 heavy (non-hydrogen) atoms. The lowest BCUT2D eigenvalue weighted by Gasteiger charge is -2.36. The van der Waals surface area contributed by atoms with Gasteiger partial charge in [-0.15, -0.1) is 0 Å². The van der Waals surface area contributed by atoms with Gasteiger partial charge >= 0.3 is 0 Å². The van der Waals surface area contributed by atoms with Crippen molar-refractivity contribution < 1.29 is 14.0 Å². The minimum Gasteiger partial charge on any atom is -0.485 e. The second kappa shape index (κ2) is 4.67. The van der Waals surface area contributed by atoms with E-state index in [4.69, 9.17) is 8.92 Å². The Balaban J connectivity index is 2.59. The van der Waals surface area contributed by atoms with Gasteiger partial charge in [-0.2, -0.15) is 0 Å². The van der Waals surface area contributed by atoms with Crippen LogP contribution in [0, 0.1) is 20.8 Å². The van der Waals surface area contributed by atoms with Crippen molar-refractivity contribution in [1.29, 1.82) is 0 Å². The molecule has 1 aliphatic rings. The normalized spacial score (nSPS) is 22.3. The number of aliphatic hydroxyl groups excluding tert-OH is 1. The van der Waals surface area contributed by atoms with Gasteiger partial charge in [-0.3, -0.25) is 0 Å². The van der Waals surface area contributed by atoms with Gasteiger partial charge in [-0.25, -0.2) is 0 Å². The highest BCUT2D eigenvalue weighted by atomic mass is 32.1. The van der Waals surface area contributed by atoms with Crippen LogP contribution in [0.3, 0.4) is 0 Å². The van der Waals surface area contributed by atoms with Crippen LogP contribution in [0.4, 0.5) is 0 Å². The maximum absolute atomic E-state index is 9.44. The van der Waals surface area contributed by atoms with Crippen LogP contribution in [-0.4, -0.2) is 17.3 Å². The summed E-state index contributed by atoms with van der Waals surface area (Å²) in [6, 6.07) is 0. The Bertz CT molecular complexity index is 485. The maximum atomic E-state index is 9.44. The number of thiol groups is 1. The molecule has 1 N–H and O–H groups in total. The van der Waals surface area contributed by atoms with Crippen molar-refractivity contribution in [2.75, 3.05) is 6.61 Å². The summed E-state index contributed by atoms with van der Waals surface area (Å²) in [5.41, 5.74) is 3.90. The highest BCUT2D eigenvalue weighted by molar-refractivity contribution is 7.75. The van der Waals surface area contributed by atoms with Crippen LogP contribution in [-0.2, 0) is 6.42 Å². The third-order valence-electron chi connectivity index (χ3n) is 3.99.